The van der Waals surface area contributed by atoms with E-state index < -0.39 is 0 Å². The third-order valence-corrected chi connectivity index (χ3v) is 5.93. The molecule has 0 saturated carbocycles. The molecule has 164 valence electrons. The maximum atomic E-state index is 5.93. The maximum absolute atomic E-state index is 5.93. The standard InChI is InChI=1S/C22H47O4P/c1-5-9-13-23-17-21(18-24-14-10-6-2)27-22(19-25-15-11-7-3)20-26-16-12-8-4/h21-22,27H,5-20H2,1-4H3. The lowest BCUT2D eigenvalue weighted by molar-refractivity contribution is 0.0767. The molecule has 5 heteroatoms. The minimum Gasteiger partial charge on any atom is -0.381 e. The van der Waals surface area contributed by atoms with Crippen LogP contribution in [0.2, 0.25) is 0 Å². The van der Waals surface area contributed by atoms with Gasteiger partial charge in [0.1, 0.15) is 0 Å². The van der Waals surface area contributed by atoms with Gasteiger partial charge in [-0.2, -0.15) is 0 Å². The Hall–Kier alpha value is 0.270. The van der Waals surface area contributed by atoms with Crippen molar-refractivity contribution in [2.24, 2.45) is 0 Å². The quantitative estimate of drug-likeness (QED) is 0.171. The molecule has 0 aliphatic heterocycles. The predicted octanol–water partition coefficient (Wildman–Crippen LogP) is 5.67. The molecule has 0 heterocycles. The van der Waals surface area contributed by atoms with E-state index in [1.807, 2.05) is 0 Å². The molecule has 0 rings (SSSR count). The Bertz CT molecular complexity index is 229. The van der Waals surface area contributed by atoms with Crippen molar-refractivity contribution < 1.29 is 18.9 Å². The van der Waals surface area contributed by atoms with Crippen LogP contribution in [0.1, 0.15) is 79.1 Å². The summed E-state index contributed by atoms with van der Waals surface area (Å²) in [6, 6.07) is 0. The Morgan fingerprint density at radius 2 is 0.741 bits per heavy atom. The lowest BCUT2D eigenvalue weighted by Gasteiger charge is -2.24. The van der Waals surface area contributed by atoms with Gasteiger partial charge in [-0.05, 0) is 25.7 Å². The first-order valence-electron chi connectivity index (χ1n) is 11.3. The highest BCUT2D eigenvalue weighted by molar-refractivity contribution is 7.40. The Morgan fingerprint density at radius 3 is 0.963 bits per heavy atom. The fraction of sp³-hybridized carbons (Fsp3) is 1.00. The van der Waals surface area contributed by atoms with Crippen molar-refractivity contribution in [3.8, 4) is 0 Å². The van der Waals surface area contributed by atoms with Crippen LogP contribution in [0.4, 0.5) is 0 Å². The van der Waals surface area contributed by atoms with E-state index in [0.29, 0.717) is 11.3 Å². The third kappa shape index (κ3) is 19.4. The lowest BCUT2D eigenvalue weighted by atomic mass is 10.3. The number of rotatable bonds is 22. The smallest absolute Gasteiger partial charge is 0.0553 e. The molecular formula is C22H47O4P. The minimum atomic E-state index is 0.452. The van der Waals surface area contributed by atoms with Crippen LogP contribution in [0.5, 0.6) is 0 Å². The average molecular weight is 407 g/mol. The Kier molecular flexibility index (Phi) is 22.8. The lowest BCUT2D eigenvalue weighted by Crippen LogP contribution is -2.26. The molecule has 0 spiro atoms. The van der Waals surface area contributed by atoms with Crippen molar-refractivity contribution in [2.75, 3.05) is 52.9 Å². The van der Waals surface area contributed by atoms with E-state index >= 15 is 0 Å². The molecule has 0 atom stereocenters. The van der Waals surface area contributed by atoms with Gasteiger partial charge in [-0.15, -0.1) is 8.58 Å². The highest BCUT2D eigenvalue weighted by Crippen LogP contribution is 2.28. The van der Waals surface area contributed by atoms with Crippen molar-refractivity contribution in [3.05, 3.63) is 0 Å². The van der Waals surface area contributed by atoms with Crippen molar-refractivity contribution in [3.63, 3.8) is 0 Å². The van der Waals surface area contributed by atoms with Gasteiger partial charge in [0, 0.05) is 37.7 Å². The molecular weight excluding hydrogens is 359 g/mol. The Morgan fingerprint density at radius 1 is 0.481 bits per heavy atom. The third-order valence-electron chi connectivity index (χ3n) is 4.32. The Balaban J connectivity index is 4.42. The second-order valence-corrected chi connectivity index (χ2v) is 9.24. The first-order chi connectivity index (χ1) is 13.3. The van der Waals surface area contributed by atoms with Crippen molar-refractivity contribution in [2.45, 2.75) is 90.4 Å². The van der Waals surface area contributed by atoms with Gasteiger partial charge in [0.15, 0.2) is 0 Å². The van der Waals surface area contributed by atoms with Crippen LogP contribution in [0.3, 0.4) is 0 Å². The summed E-state index contributed by atoms with van der Waals surface area (Å²) in [5.74, 6) is 0. The normalized spacial score (nSPS) is 11.8. The van der Waals surface area contributed by atoms with E-state index in [2.05, 4.69) is 27.7 Å². The van der Waals surface area contributed by atoms with Crippen LogP contribution in [0.25, 0.3) is 0 Å². The van der Waals surface area contributed by atoms with Crippen molar-refractivity contribution in [1.29, 1.82) is 0 Å². The summed E-state index contributed by atoms with van der Waals surface area (Å²) in [6.45, 7) is 15.4. The second kappa shape index (κ2) is 22.6. The molecule has 0 radical (unpaired) electrons. The molecule has 0 N–H and O–H groups in total. The van der Waals surface area contributed by atoms with Gasteiger partial charge in [0.25, 0.3) is 0 Å². The van der Waals surface area contributed by atoms with Gasteiger partial charge < -0.3 is 18.9 Å². The van der Waals surface area contributed by atoms with Crippen molar-refractivity contribution >= 4 is 8.58 Å². The largest absolute Gasteiger partial charge is 0.381 e. The summed E-state index contributed by atoms with van der Waals surface area (Å²) in [6.07, 6.45) is 9.26. The first kappa shape index (κ1) is 27.3. The molecule has 27 heavy (non-hydrogen) atoms. The molecule has 0 amide bonds. The first-order valence-corrected chi connectivity index (χ1v) is 12.5. The SMILES string of the molecule is CCCCOCC(COCCCC)PC(COCCCC)COCCCC. The topological polar surface area (TPSA) is 36.9 Å². The van der Waals surface area contributed by atoms with Gasteiger partial charge in [0.05, 0.1) is 26.4 Å². The molecule has 0 aromatic rings. The van der Waals surface area contributed by atoms with Crippen LogP contribution >= 0.6 is 8.58 Å². The van der Waals surface area contributed by atoms with Gasteiger partial charge in [0.2, 0.25) is 0 Å². The highest BCUT2D eigenvalue weighted by Gasteiger charge is 2.18. The second-order valence-electron chi connectivity index (χ2n) is 7.27. The summed E-state index contributed by atoms with van der Waals surface area (Å²) in [7, 11) is 0.762. The summed E-state index contributed by atoms with van der Waals surface area (Å²) >= 11 is 0. The zero-order valence-electron chi connectivity index (χ0n) is 18.6. The summed E-state index contributed by atoms with van der Waals surface area (Å²) in [4.78, 5) is 0. The van der Waals surface area contributed by atoms with Gasteiger partial charge in [-0.1, -0.05) is 53.4 Å². The van der Waals surface area contributed by atoms with Gasteiger partial charge in [-0.25, -0.2) is 0 Å². The van der Waals surface area contributed by atoms with E-state index in [1.54, 1.807) is 0 Å². The maximum Gasteiger partial charge on any atom is 0.0553 e. The summed E-state index contributed by atoms with van der Waals surface area (Å²) in [5, 5.41) is 0. The van der Waals surface area contributed by atoms with Crippen LogP contribution in [-0.2, 0) is 18.9 Å². The number of ether oxygens (including phenoxy) is 4. The molecule has 0 bridgehead atoms. The van der Waals surface area contributed by atoms with Crippen molar-refractivity contribution in [1.82, 2.24) is 0 Å². The van der Waals surface area contributed by atoms with Crippen LogP contribution in [-0.4, -0.2) is 64.2 Å². The average Bonchev–Trinajstić information content (AvgIpc) is 2.68. The van der Waals surface area contributed by atoms with Gasteiger partial charge >= 0.3 is 0 Å². The minimum absolute atomic E-state index is 0.452. The van der Waals surface area contributed by atoms with E-state index in [4.69, 9.17) is 18.9 Å². The molecule has 0 aromatic carbocycles. The zero-order valence-corrected chi connectivity index (χ0v) is 19.6. The molecule has 0 fully saturated rings. The highest BCUT2D eigenvalue weighted by atomic mass is 31.1. The number of hydrogen-bond donors (Lipinski definition) is 0. The summed E-state index contributed by atoms with van der Waals surface area (Å²) in [5.41, 5.74) is 0.904. The fourth-order valence-corrected chi connectivity index (χ4v) is 4.03. The predicted molar refractivity (Wildman–Crippen MR) is 119 cm³/mol. The summed E-state index contributed by atoms with van der Waals surface area (Å²) < 4.78 is 23.7. The molecule has 4 nitrogen and oxygen atoms in total. The van der Waals surface area contributed by atoms with Crippen LogP contribution in [0.15, 0.2) is 0 Å². The zero-order chi connectivity index (χ0) is 20.0. The van der Waals surface area contributed by atoms with E-state index in [1.165, 1.54) is 25.7 Å². The number of unbranched alkanes of at least 4 members (excludes halogenated alkanes) is 4. The Labute approximate surface area is 171 Å². The molecule has 0 aliphatic rings. The number of hydrogen-bond acceptors (Lipinski definition) is 4. The van der Waals surface area contributed by atoms with Gasteiger partial charge in [-0.3, -0.25) is 0 Å². The van der Waals surface area contributed by atoms with E-state index in [0.717, 1.165) is 87.1 Å². The molecule has 0 saturated heterocycles. The van der Waals surface area contributed by atoms with E-state index in [-0.39, 0.29) is 0 Å². The molecule has 0 unspecified atom stereocenters. The van der Waals surface area contributed by atoms with E-state index in [9.17, 15) is 0 Å². The fourth-order valence-electron chi connectivity index (χ4n) is 2.51. The molecule has 0 aliphatic carbocycles. The van der Waals surface area contributed by atoms with Crippen LogP contribution in [0, 0.1) is 0 Å². The van der Waals surface area contributed by atoms with Crippen LogP contribution < -0.4 is 0 Å². The molecule has 0 aromatic heterocycles. The monoisotopic (exact) mass is 406 g/mol.